The molecule has 67 heavy (non-hydrogen) atoms. The molecule has 6 N–H and O–H groups in total. The van der Waals surface area contributed by atoms with Crippen LogP contribution in [0.1, 0.15) is 187 Å². The zero-order valence-electron chi connectivity index (χ0n) is 41.4. The number of aliphatic hydroxyl groups is 5. The fraction of sp³-hybridized carbons (Fsp3) is 0.722. The topological polar surface area (TPSA) is 192 Å². The molecule has 0 aromatic carbocycles. The second-order valence-electron chi connectivity index (χ2n) is 17.6. The fourth-order valence-electron chi connectivity index (χ4n) is 7.41. The summed E-state index contributed by atoms with van der Waals surface area (Å²) in [5.74, 6) is -0.496. The summed E-state index contributed by atoms with van der Waals surface area (Å²) in [6.45, 7) is 4.09. The minimum atomic E-state index is -5.04. The van der Waals surface area contributed by atoms with Gasteiger partial charge in [-0.3, -0.25) is 13.8 Å². The molecule has 1 fully saturated rings. The second kappa shape index (κ2) is 43.5. The van der Waals surface area contributed by atoms with Gasteiger partial charge in [-0.25, -0.2) is 4.57 Å². The third kappa shape index (κ3) is 35.3. The molecule has 0 bridgehead atoms. The zero-order chi connectivity index (χ0) is 49.1. The van der Waals surface area contributed by atoms with Crippen molar-refractivity contribution in [2.24, 2.45) is 0 Å². The summed E-state index contributed by atoms with van der Waals surface area (Å²) in [6, 6.07) is 0. The van der Waals surface area contributed by atoms with Crippen LogP contribution in [0.4, 0.5) is 0 Å². The molecule has 0 aromatic rings. The summed E-state index contributed by atoms with van der Waals surface area (Å²) in [5.41, 5.74) is 0. The van der Waals surface area contributed by atoms with Crippen LogP contribution in [0.25, 0.3) is 0 Å². The lowest BCUT2D eigenvalue weighted by Crippen LogP contribution is -2.64. The van der Waals surface area contributed by atoms with Crippen molar-refractivity contribution in [3.05, 3.63) is 85.1 Å². The minimum Gasteiger partial charge on any atom is -0.457 e. The van der Waals surface area contributed by atoms with Crippen LogP contribution in [0.5, 0.6) is 0 Å². The van der Waals surface area contributed by atoms with Gasteiger partial charge in [0.05, 0.1) is 13.2 Å². The lowest BCUT2D eigenvalue weighted by atomic mass is 9.85. The Balaban J connectivity index is 2.37. The van der Waals surface area contributed by atoms with Gasteiger partial charge in [-0.1, -0.05) is 176 Å². The van der Waals surface area contributed by atoms with Crippen molar-refractivity contribution in [2.75, 3.05) is 19.8 Å². The summed E-state index contributed by atoms with van der Waals surface area (Å²) >= 11 is 0. The first-order chi connectivity index (χ1) is 32.5. The van der Waals surface area contributed by atoms with Gasteiger partial charge in [0.25, 0.3) is 0 Å². The van der Waals surface area contributed by atoms with Crippen molar-refractivity contribution in [1.29, 1.82) is 0 Å². The molecule has 0 aliphatic heterocycles. The van der Waals surface area contributed by atoms with E-state index in [1.807, 2.05) is 0 Å². The van der Waals surface area contributed by atoms with E-state index in [1.54, 1.807) is 0 Å². The van der Waals surface area contributed by atoms with Crippen LogP contribution in [0.15, 0.2) is 85.1 Å². The molecule has 386 valence electrons. The molecule has 0 amide bonds. The predicted molar refractivity (Wildman–Crippen MR) is 271 cm³/mol. The summed E-state index contributed by atoms with van der Waals surface area (Å²) in [7, 11) is -5.04. The number of phosphoric acid groups is 1. The summed E-state index contributed by atoms with van der Waals surface area (Å²) in [6.07, 6.45) is 46.4. The number of ether oxygens (including phenoxy) is 2. The molecular weight excluding hydrogens is 872 g/mol. The highest BCUT2D eigenvalue weighted by atomic mass is 31.2. The number of allylic oxidation sites excluding steroid dienone is 14. The Morgan fingerprint density at radius 3 is 1.36 bits per heavy atom. The molecule has 13 heteroatoms. The predicted octanol–water partition coefficient (Wildman–Crippen LogP) is 11.7. The van der Waals surface area contributed by atoms with Crippen LogP contribution in [-0.2, 0) is 27.9 Å². The van der Waals surface area contributed by atoms with Gasteiger partial charge < -0.3 is 39.9 Å². The van der Waals surface area contributed by atoms with Crippen molar-refractivity contribution in [1.82, 2.24) is 0 Å². The van der Waals surface area contributed by atoms with Crippen molar-refractivity contribution in [3.8, 4) is 0 Å². The van der Waals surface area contributed by atoms with E-state index in [1.165, 1.54) is 44.9 Å². The number of phosphoric ester groups is 1. The maximum Gasteiger partial charge on any atom is 0.472 e. The highest BCUT2D eigenvalue weighted by molar-refractivity contribution is 7.47. The van der Waals surface area contributed by atoms with Gasteiger partial charge in [0.1, 0.15) is 42.7 Å². The third-order valence-corrected chi connectivity index (χ3v) is 12.5. The highest BCUT2D eigenvalue weighted by Gasteiger charge is 2.51. The average molecular weight is 965 g/mol. The first-order valence-electron chi connectivity index (χ1n) is 25.9. The molecule has 0 saturated heterocycles. The highest BCUT2D eigenvalue weighted by Crippen LogP contribution is 2.47. The van der Waals surface area contributed by atoms with Crippen molar-refractivity contribution >= 4 is 13.8 Å². The summed E-state index contributed by atoms with van der Waals surface area (Å²) in [4.78, 5) is 23.2. The van der Waals surface area contributed by atoms with E-state index >= 15 is 0 Å². The normalized spacial score (nSPS) is 22.0. The number of esters is 1. The summed E-state index contributed by atoms with van der Waals surface area (Å²) in [5, 5.41) is 50.3. The zero-order valence-corrected chi connectivity index (χ0v) is 42.3. The Hall–Kier alpha value is -2.48. The van der Waals surface area contributed by atoms with E-state index in [0.717, 1.165) is 116 Å². The van der Waals surface area contributed by atoms with Crippen LogP contribution in [0.2, 0.25) is 0 Å². The molecule has 0 aromatic heterocycles. The largest absolute Gasteiger partial charge is 0.472 e. The number of carbonyl (C=O) groups is 1. The Kier molecular flexibility index (Phi) is 40.6. The standard InChI is InChI=1S/C54H93O12P/c1-3-5-7-9-11-13-15-17-19-21-22-23-24-25-26-27-28-30-32-34-36-38-40-42-44-63-45-47(46-64-67(61,62)66-54-52(59)50(57)49(56)51(58)53(54)60)65-48(55)43-41-39-37-35-33-31-29-20-18-16-14-12-10-8-6-4-2/h5,7,11,13,17,19-20,22-23,25-26,28-30,47,49-54,56-60H,3-4,6,8-10,12,14-16,18,21,24,27,31-46H2,1-2H3,(H,61,62)/b7-5-,13-11-,19-17-,23-22-,26-25-,29-20-,30-28-. The van der Waals surface area contributed by atoms with Gasteiger partial charge in [0.15, 0.2) is 0 Å². The molecule has 0 radical (unpaired) electrons. The monoisotopic (exact) mass is 965 g/mol. The molecule has 0 heterocycles. The molecule has 0 spiro atoms. The second-order valence-corrected chi connectivity index (χ2v) is 19.0. The van der Waals surface area contributed by atoms with E-state index < -0.39 is 63.1 Å². The van der Waals surface area contributed by atoms with E-state index in [4.69, 9.17) is 18.5 Å². The number of carbonyl (C=O) groups excluding carboxylic acids is 1. The van der Waals surface area contributed by atoms with Crippen LogP contribution in [0, 0.1) is 0 Å². The number of rotatable bonds is 43. The maximum atomic E-state index is 12.9. The fourth-order valence-corrected chi connectivity index (χ4v) is 8.38. The lowest BCUT2D eigenvalue weighted by molar-refractivity contribution is -0.220. The molecule has 6 unspecified atom stereocenters. The number of unbranched alkanes of at least 4 members (excludes halogenated alkanes) is 17. The Labute approximate surface area is 405 Å². The molecule has 12 nitrogen and oxygen atoms in total. The Morgan fingerprint density at radius 1 is 0.493 bits per heavy atom. The Morgan fingerprint density at radius 2 is 0.881 bits per heavy atom. The van der Waals surface area contributed by atoms with Crippen LogP contribution >= 0.6 is 7.82 Å². The van der Waals surface area contributed by atoms with Gasteiger partial charge in [0, 0.05) is 13.0 Å². The molecule has 1 aliphatic rings. The van der Waals surface area contributed by atoms with Crippen LogP contribution in [-0.4, -0.2) is 98.9 Å². The van der Waals surface area contributed by atoms with E-state index in [-0.39, 0.29) is 13.0 Å². The smallest absolute Gasteiger partial charge is 0.457 e. The quantitative estimate of drug-likeness (QED) is 0.0147. The number of hydrogen-bond donors (Lipinski definition) is 6. The molecule has 1 aliphatic carbocycles. The van der Waals surface area contributed by atoms with Gasteiger partial charge >= 0.3 is 13.8 Å². The lowest BCUT2D eigenvalue weighted by Gasteiger charge is -2.41. The molecular formula is C54H93O12P. The Bertz CT molecular complexity index is 1420. The first-order valence-corrected chi connectivity index (χ1v) is 27.4. The molecule has 1 rings (SSSR count). The van der Waals surface area contributed by atoms with Crippen LogP contribution in [0.3, 0.4) is 0 Å². The third-order valence-electron chi connectivity index (χ3n) is 11.5. The van der Waals surface area contributed by atoms with E-state index in [0.29, 0.717) is 13.0 Å². The minimum absolute atomic E-state index is 0.0980. The van der Waals surface area contributed by atoms with Gasteiger partial charge in [-0.05, 0) is 89.9 Å². The van der Waals surface area contributed by atoms with E-state index in [2.05, 4.69) is 98.9 Å². The number of aliphatic hydroxyl groups excluding tert-OH is 5. The SMILES string of the molecule is CC/C=C\C/C=C\C/C=C\C/C=C\C/C=C\C/C=C\CCCCCCCOCC(COP(=O)(O)OC1C(O)C(O)C(O)C(O)C1O)OC(=O)CCCCCCC/C=C\CCCCCCCCC. The van der Waals surface area contributed by atoms with Crippen molar-refractivity contribution in [3.63, 3.8) is 0 Å². The van der Waals surface area contributed by atoms with Gasteiger partial charge in [0.2, 0.25) is 0 Å². The molecule has 6 atom stereocenters. The average Bonchev–Trinajstić information content (AvgIpc) is 3.31. The maximum absolute atomic E-state index is 12.9. The van der Waals surface area contributed by atoms with Gasteiger partial charge in [-0.15, -0.1) is 0 Å². The first kappa shape index (κ1) is 62.5. The number of hydrogen-bond acceptors (Lipinski definition) is 11. The van der Waals surface area contributed by atoms with Crippen LogP contribution < -0.4 is 0 Å². The van der Waals surface area contributed by atoms with Crippen molar-refractivity contribution < 1.29 is 58.3 Å². The summed E-state index contributed by atoms with van der Waals surface area (Å²) < 4.78 is 34.3. The van der Waals surface area contributed by atoms with Crippen molar-refractivity contribution in [2.45, 2.75) is 230 Å². The van der Waals surface area contributed by atoms with Gasteiger partial charge in [-0.2, -0.15) is 0 Å². The molecule has 1 saturated carbocycles. The van der Waals surface area contributed by atoms with E-state index in [9.17, 15) is 39.8 Å².